The zero-order valence-electron chi connectivity index (χ0n) is 16.3. The SMILES string of the molecule is C=C1NN=C(OC)N1c1ccccc1CC[C@](C)(N)c1cccc(C(F)(F)F)c1. The average molecular weight is 404 g/mol. The molecule has 3 N–H and O–H groups in total. The zero-order valence-corrected chi connectivity index (χ0v) is 16.3. The minimum Gasteiger partial charge on any atom is -0.467 e. The summed E-state index contributed by atoms with van der Waals surface area (Å²) >= 11 is 0. The molecule has 1 heterocycles. The van der Waals surface area contributed by atoms with Crippen LogP contribution in [0.1, 0.15) is 30.0 Å². The highest BCUT2D eigenvalue weighted by molar-refractivity contribution is 5.97. The van der Waals surface area contributed by atoms with Gasteiger partial charge in [-0.05, 0) is 49.1 Å². The average Bonchev–Trinajstić information content (AvgIpc) is 3.06. The number of methoxy groups -OCH3 is 1. The molecule has 5 nitrogen and oxygen atoms in total. The first-order valence-electron chi connectivity index (χ1n) is 9.05. The Hall–Kier alpha value is -3.00. The highest BCUT2D eigenvalue weighted by atomic mass is 19.4. The summed E-state index contributed by atoms with van der Waals surface area (Å²) < 4.78 is 44.5. The number of hydrogen-bond acceptors (Lipinski definition) is 5. The molecule has 1 aliphatic heterocycles. The normalized spacial score (nSPS) is 16.3. The third-order valence-electron chi connectivity index (χ3n) is 4.92. The summed E-state index contributed by atoms with van der Waals surface area (Å²) in [6.45, 7) is 5.67. The molecular weight excluding hydrogens is 381 g/mol. The number of nitrogens with one attached hydrogen (secondary N) is 1. The minimum absolute atomic E-state index is 0.357. The predicted octanol–water partition coefficient (Wildman–Crippen LogP) is 4.31. The molecule has 0 aromatic heterocycles. The van der Waals surface area contributed by atoms with Gasteiger partial charge in [0.05, 0.1) is 18.4 Å². The van der Waals surface area contributed by atoms with E-state index in [4.69, 9.17) is 10.5 Å². The highest BCUT2D eigenvalue weighted by Gasteiger charge is 2.32. The first-order valence-corrected chi connectivity index (χ1v) is 9.05. The molecular formula is C21H23F3N4O. The zero-order chi connectivity index (χ0) is 21.2. The van der Waals surface area contributed by atoms with Gasteiger partial charge in [-0.1, -0.05) is 36.9 Å². The summed E-state index contributed by atoms with van der Waals surface area (Å²) in [5, 5.41) is 4.06. The number of halogens is 3. The number of aryl methyl sites for hydroxylation is 1. The van der Waals surface area contributed by atoms with E-state index in [9.17, 15) is 13.2 Å². The maximum absolute atomic E-state index is 13.1. The number of alkyl halides is 3. The maximum atomic E-state index is 13.1. The number of rotatable bonds is 5. The van der Waals surface area contributed by atoms with Crippen LogP contribution in [0.5, 0.6) is 0 Å². The van der Waals surface area contributed by atoms with Crippen molar-refractivity contribution in [1.29, 1.82) is 0 Å². The lowest BCUT2D eigenvalue weighted by molar-refractivity contribution is -0.137. The third-order valence-corrected chi connectivity index (χ3v) is 4.92. The molecule has 3 rings (SSSR count). The smallest absolute Gasteiger partial charge is 0.416 e. The van der Waals surface area contributed by atoms with Crippen LogP contribution in [0, 0.1) is 0 Å². The van der Waals surface area contributed by atoms with Gasteiger partial charge in [0.15, 0.2) is 0 Å². The summed E-state index contributed by atoms with van der Waals surface area (Å²) in [6.07, 6.45) is -3.42. The van der Waals surface area contributed by atoms with Crippen molar-refractivity contribution in [3.63, 3.8) is 0 Å². The van der Waals surface area contributed by atoms with Gasteiger partial charge in [-0.2, -0.15) is 13.2 Å². The van der Waals surface area contributed by atoms with E-state index in [1.54, 1.807) is 17.9 Å². The van der Waals surface area contributed by atoms with Gasteiger partial charge in [0.25, 0.3) is 0 Å². The fourth-order valence-corrected chi connectivity index (χ4v) is 3.24. The quantitative estimate of drug-likeness (QED) is 0.780. The molecule has 1 atom stereocenters. The Labute approximate surface area is 167 Å². The number of ether oxygens (including phenoxy) is 1. The fourth-order valence-electron chi connectivity index (χ4n) is 3.24. The molecule has 1 aliphatic rings. The van der Waals surface area contributed by atoms with E-state index in [1.165, 1.54) is 13.2 Å². The Morgan fingerprint density at radius 1 is 1.14 bits per heavy atom. The molecule has 0 aliphatic carbocycles. The summed E-state index contributed by atoms with van der Waals surface area (Å²) in [4.78, 5) is 1.74. The van der Waals surface area contributed by atoms with Crippen LogP contribution in [0.4, 0.5) is 18.9 Å². The van der Waals surface area contributed by atoms with E-state index < -0.39 is 17.3 Å². The maximum Gasteiger partial charge on any atom is 0.416 e. The minimum atomic E-state index is -4.41. The lowest BCUT2D eigenvalue weighted by Gasteiger charge is -2.28. The number of para-hydroxylation sites is 1. The molecule has 2 aromatic carbocycles. The number of amidine groups is 1. The Morgan fingerprint density at radius 3 is 2.52 bits per heavy atom. The third kappa shape index (κ3) is 4.37. The van der Waals surface area contributed by atoms with Crippen LogP contribution in [-0.4, -0.2) is 13.1 Å². The number of benzene rings is 2. The van der Waals surface area contributed by atoms with E-state index in [-0.39, 0.29) is 0 Å². The van der Waals surface area contributed by atoms with Crippen molar-refractivity contribution in [2.24, 2.45) is 10.8 Å². The van der Waals surface area contributed by atoms with Crippen molar-refractivity contribution < 1.29 is 17.9 Å². The molecule has 0 spiro atoms. The van der Waals surface area contributed by atoms with Crippen molar-refractivity contribution >= 4 is 11.7 Å². The lowest BCUT2D eigenvalue weighted by atomic mass is 9.86. The van der Waals surface area contributed by atoms with Gasteiger partial charge in [0, 0.05) is 5.54 Å². The number of hydrazone groups is 1. The number of anilines is 1. The van der Waals surface area contributed by atoms with Gasteiger partial charge >= 0.3 is 12.2 Å². The van der Waals surface area contributed by atoms with Crippen LogP contribution in [0.15, 0.2) is 66.0 Å². The van der Waals surface area contributed by atoms with Gasteiger partial charge in [-0.25, -0.2) is 4.90 Å². The summed E-state index contributed by atoms with van der Waals surface area (Å²) in [5.74, 6) is 0.544. The van der Waals surface area contributed by atoms with E-state index in [0.29, 0.717) is 30.2 Å². The van der Waals surface area contributed by atoms with Crippen LogP contribution in [0.25, 0.3) is 0 Å². The molecule has 0 radical (unpaired) electrons. The standard InChI is InChI=1S/C21H23F3N4O/c1-14-26-27-19(29-3)28(14)18-10-5-4-7-15(18)11-12-20(2,25)16-8-6-9-17(13-16)21(22,23)24/h4-10,13,26H,1,11-12,25H2,2-3H3/t20-/m0/s1. The van der Waals surface area contributed by atoms with Crippen LogP contribution in [-0.2, 0) is 22.9 Å². The molecule has 8 heteroatoms. The second-order valence-electron chi connectivity index (χ2n) is 7.12. The second kappa shape index (κ2) is 7.79. The largest absolute Gasteiger partial charge is 0.467 e. The monoisotopic (exact) mass is 404 g/mol. The van der Waals surface area contributed by atoms with Crippen LogP contribution < -0.4 is 16.1 Å². The molecule has 0 amide bonds. The summed E-state index contributed by atoms with van der Waals surface area (Å²) in [5.41, 5.74) is 9.77. The molecule has 0 saturated heterocycles. The first kappa shape index (κ1) is 20.7. The fraction of sp³-hybridized carbons (Fsp3) is 0.286. The van der Waals surface area contributed by atoms with Crippen molar-refractivity contribution in [1.82, 2.24) is 5.43 Å². The van der Waals surface area contributed by atoms with Gasteiger partial charge in [-0.15, -0.1) is 5.10 Å². The first-order chi connectivity index (χ1) is 13.6. The van der Waals surface area contributed by atoms with Crippen LogP contribution >= 0.6 is 0 Å². The Morgan fingerprint density at radius 2 is 1.83 bits per heavy atom. The number of hydrogen-bond donors (Lipinski definition) is 2. The summed E-state index contributed by atoms with van der Waals surface area (Å²) in [7, 11) is 1.51. The van der Waals surface area contributed by atoms with Crippen LogP contribution in [0.3, 0.4) is 0 Å². The molecule has 0 bridgehead atoms. The van der Waals surface area contributed by atoms with E-state index in [2.05, 4.69) is 17.1 Å². The van der Waals surface area contributed by atoms with Gasteiger partial charge in [0.2, 0.25) is 0 Å². The molecule has 29 heavy (non-hydrogen) atoms. The highest BCUT2D eigenvalue weighted by Crippen LogP contribution is 2.34. The predicted molar refractivity (Wildman–Crippen MR) is 107 cm³/mol. The molecule has 0 fully saturated rings. The molecule has 0 unspecified atom stereocenters. The van der Waals surface area contributed by atoms with Gasteiger partial charge in [0.1, 0.15) is 5.82 Å². The molecule has 0 saturated carbocycles. The van der Waals surface area contributed by atoms with Gasteiger partial charge in [-0.3, -0.25) is 5.43 Å². The Balaban J connectivity index is 1.84. The topological polar surface area (TPSA) is 62.9 Å². The van der Waals surface area contributed by atoms with Crippen molar-refractivity contribution in [2.45, 2.75) is 31.5 Å². The van der Waals surface area contributed by atoms with Crippen LogP contribution in [0.2, 0.25) is 0 Å². The van der Waals surface area contributed by atoms with E-state index >= 15 is 0 Å². The number of nitrogens with zero attached hydrogens (tertiary/aromatic N) is 2. The summed E-state index contributed by atoms with van der Waals surface area (Å²) in [6, 6.07) is 13.2. The van der Waals surface area contributed by atoms with Gasteiger partial charge < -0.3 is 10.5 Å². The van der Waals surface area contributed by atoms with E-state index in [1.807, 2.05) is 24.3 Å². The van der Waals surface area contributed by atoms with Crippen molar-refractivity contribution in [2.75, 3.05) is 12.0 Å². The second-order valence-corrected chi connectivity index (χ2v) is 7.12. The van der Waals surface area contributed by atoms with Crippen molar-refractivity contribution in [3.8, 4) is 0 Å². The molecule has 2 aromatic rings. The van der Waals surface area contributed by atoms with E-state index in [0.717, 1.165) is 23.4 Å². The molecule has 154 valence electrons. The Kier molecular flexibility index (Phi) is 5.57. The lowest BCUT2D eigenvalue weighted by Crippen LogP contribution is -2.34. The number of nitrogens with two attached hydrogens (primary N) is 1. The van der Waals surface area contributed by atoms with Crippen molar-refractivity contribution in [3.05, 3.63) is 77.6 Å². The Bertz CT molecular complexity index is 938.